The molecule has 1 N–H and O–H groups in total. The number of hydrazine groups is 1. The number of carbonyl (C=O) groups excluding carboxylic acids is 1. The van der Waals surface area contributed by atoms with Gasteiger partial charge >= 0.3 is 0 Å². The number of rotatable bonds is 5. The van der Waals surface area contributed by atoms with Crippen LogP contribution in [-0.4, -0.2) is 44.5 Å². The van der Waals surface area contributed by atoms with Gasteiger partial charge in [0.1, 0.15) is 0 Å². The normalized spacial score (nSPS) is 19.6. The number of nitrogens with zero attached hydrogens (tertiary/aromatic N) is 2. The Morgan fingerprint density at radius 3 is 2.68 bits per heavy atom. The lowest BCUT2D eigenvalue weighted by Gasteiger charge is -2.32. The van der Waals surface area contributed by atoms with Crippen LogP contribution in [0.1, 0.15) is 19.8 Å². The molecule has 6 nitrogen and oxygen atoms in total. The van der Waals surface area contributed by atoms with Gasteiger partial charge in [-0.1, -0.05) is 18.2 Å². The molecule has 0 bridgehead atoms. The Morgan fingerprint density at radius 2 is 2.05 bits per heavy atom. The minimum Gasteiger partial charge on any atom is -0.289 e. The Hall–Kier alpha value is -1.60. The largest absolute Gasteiger partial charge is 0.289 e. The minimum absolute atomic E-state index is 0.0747. The lowest BCUT2D eigenvalue weighted by Crippen LogP contribution is -2.49. The maximum atomic E-state index is 12.4. The van der Waals surface area contributed by atoms with E-state index in [-0.39, 0.29) is 24.1 Å². The van der Waals surface area contributed by atoms with Gasteiger partial charge < -0.3 is 0 Å². The molecule has 1 heterocycles. The number of hydrogen-bond acceptors (Lipinski definition) is 4. The molecule has 22 heavy (non-hydrogen) atoms. The van der Waals surface area contributed by atoms with Crippen molar-refractivity contribution in [2.75, 3.05) is 30.9 Å². The molecule has 1 amide bonds. The highest BCUT2D eigenvalue weighted by atomic mass is 32.2. The predicted octanol–water partition coefficient (Wildman–Crippen LogP) is 1.22. The molecule has 1 aromatic carbocycles. The van der Waals surface area contributed by atoms with E-state index < -0.39 is 10.0 Å². The SMILES string of the molecule is CCS(=O)(=O)N1CCC[C@H](C(=O)NN(C)c2ccccc2)C1. The molecular formula is C15H23N3O3S. The van der Waals surface area contributed by atoms with Crippen LogP contribution in [0.4, 0.5) is 5.69 Å². The van der Waals surface area contributed by atoms with E-state index in [0.29, 0.717) is 19.4 Å². The summed E-state index contributed by atoms with van der Waals surface area (Å²) in [4.78, 5) is 12.4. The second-order valence-electron chi connectivity index (χ2n) is 5.47. The summed E-state index contributed by atoms with van der Waals surface area (Å²) in [7, 11) is -1.45. The summed E-state index contributed by atoms with van der Waals surface area (Å²) in [5.74, 6) is -0.366. The first kappa shape index (κ1) is 16.8. The van der Waals surface area contributed by atoms with Crippen molar-refractivity contribution in [1.82, 2.24) is 9.73 Å². The Bertz CT molecular complexity index is 604. The number of benzene rings is 1. The zero-order valence-corrected chi connectivity index (χ0v) is 13.8. The van der Waals surface area contributed by atoms with Gasteiger partial charge in [0.25, 0.3) is 0 Å². The maximum absolute atomic E-state index is 12.4. The Labute approximate surface area is 132 Å². The second-order valence-corrected chi connectivity index (χ2v) is 7.73. The number of carbonyl (C=O) groups is 1. The Balaban J connectivity index is 1.98. The van der Waals surface area contributed by atoms with E-state index in [9.17, 15) is 13.2 Å². The summed E-state index contributed by atoms with van der Waals surface area (Å²) in [5.41, 5.74) is 3.71. The van der Waals surface area contributed by atoms with Crippen LogP contribution < -0.4 is 10.4 Å². The summed E-state index contributed by atoms with van der Waals surface area (Å²) in [6.45, 7) is 2.40. The molecule has 0 radical (unpaired) electrons. The molecule has 0 aliphatic carbocycles. The quantitative estimate of drug-likeness (QED) is 0.826. The molecule has 1 fully saturated rings. The molecule has 1 aliphatic rings. The zero-order chi connectivity index (χ0) is 16.2. The third-order valence-electron chi connectivity index (χ3n) is 3.93. The first-order chi connectivity index (χ1) is 10.4. The van der Waals surface area contributed by atoms with E-state index in [4.69, 9.17) is 0 Å². The van der Waals surface area contributed by atoms with E-state index in [0.717, 1.165) is 5.69 Å². The Morgan fingerprint density at radius 1 is 1.36 bits per heavy atom. The number of hydrogen-bond donors (Lipinski definition) is 1. The van der Waals surface area contributed by atoms with Crippen molar-refractivity contribution in [1.29, 1.82) is 0 Å². The lowest BCUT2D eigenvalue weighted by atomic mass is 9.99. The number of sulfonamides is 1. The first-order valence-electron chi connectivity index (χ1n) is 7.51. The molecule has 1 aromatic rings. The lowest BCUT2D eigenvalue weighted by molar-refractivity contribution is -0.126. The van der Waals surface area contributed by atoms with Crippen LogP contribution in [0.15, 0.2) is 30.3 Å². The standard InChI is InChI=1S/C15H23N3O3S/c1-3-22(20,21)18-11-7-8-13(12-18)15(19)16-17(2)14-9-5-4-6-10-14/h4-6,9-10,13H,3,7-8,11-12H2,1-2H3,(H,16,19)/t13-/m0/s1. The van der Waals surface area contributed by atoms with Gasteiger partial charge in [-0.3, -0.25) is 15.2 Å². The van der Waals surface area contributed by atoms with Crippen LogP contribution in [0.3, 0.4) is 0 Å². The monoisotopic (exact) mass is 325 g/mol. The number of piperidine rings is 1. The molecule has 0 unspecified atom stereocenters. The van der Waals surface area contributed by atoms with Gasteiger partial charge in [0.15, 0.2) is 0 Å². The highest BCUT2D eigenvalue weighted by molar-refractivity contribution is 7.89. The van der Waals surface area contributed by atoms with Gasteiger partial charge in [-0.2, -0.15) is 0 Å². The fourth-order valence-electron chi connectivity index (χ4n) is 2.56. The predicted molar refractivity (Wildman–Crippen MR) is 86.7 cm³/mol. The fourth-order valence-corrected chi connectivity index (χ4v) is 3.74. The molecule has 1 atom stereocenters. The summed E-state index contributed by atoms with van der Waals surface area (Å²) in [6.07, 6.45) is 1.43. The first-order valence-corrected chi connectivity index (χ1v) is 9.12. The number of para-hydroxylation sites is 1. The average molecular weight is 325 g/mol. The Kier molecular flexibility index (Phi) is 5.42. The smallest absolute Gasteiger partial charge is 0.242 e. The van der Waals surface area contributed by atoms with Gasteiger partial charge in [-0.15, -0.1) is 0 Å². The van der Waals surface area contributed by atoms with Crippen LogP contribution >= 0.6 is 0 Å². The van der Waals surface area contributed by atoms with E-state index in [2.05, 4.69) is 5.43 Å². The molecule has 1 saturated heterocycles. The molecule has 122 valence electrons. The summed E-state index contributed by atoms with van der Waals surface area (Å²) >= 11 is 0. The molecule has 0 saturated carbocycles. The highest BCUT2D eigenvalue weighted by Crippen LogP contribution is 2.20. The van der Waals surface area contributed by atoms with Crippen LogP contribution in [-0.2, 0) is 14.8 Å². The summed E-state index contributed by atoms with van der Waals surface area (Å²) in [5, 5.41) is 1.66. The molecular weight excluding hydrogens is 302 g/mol. The van der Waals surface area contributed by atoms with Crippen molar-refractivity contribution < 1.29 is 13.2 Å². The van der Waals surface area contributed by atoms with Gasteiger partial charge in [0.2, 0.25) is 15.9 Å². The number of amides is 1. The van der Waals surface area contributed by atoms with Crippen molar-refractivity contribution in [3.63, 3.8) is 0 Å². The fraction of sp³-hybridized carbons (Fsp3) is 0.533. The van der Waals surface area contributed by atoms with E-state index in [1.54, 1.807) is 19.0 Å². The van der Waals surface area contributed by atoms with Crippen LogP contribution in [0, 0.1) is 5.92 Å². The maximum Gasteiger partial charge on any atom is 0.242 e. The van der Waals surface area contributed by atoms with Crippen molar-refractivity contribution >= 4 is 21.6 Å². The number of nitrogens with one attached hydrogen (secondary N) is 1. The summed E-state index contributed by atoms with van der Waals surface area (Å²) < 4.78 is 25.3. The zero-order valence-electron chi connectivity index (χ0n) is 13.0. The number of anilines is 1. The summed E-state index contributed by atoms with van der Waals surface area (Å²) in [6, 6.07) is 9.50. The third kappa shape index (κ3) is 3.98. The minimum atomic E-state index is -3.23. The van der Waals surface area contributed by atoms with Gasteiger partial charge in [-0.05, 0) is 31.9 Å². The second kappa shape index (κ2) is 7.11. The molecule has 0 spiro atoms. The van der Waals surface area contributed by atoms with Crippen LogP contribution in [0.2, 0.25) is 0 Å². The highest BCUT2D eigenvalue weighted by Gasteiger charge is 2.31. The molecule has 1 aliphatic heterocycles. The average Bonchev–Trinajstić information content (AvgIpc) is 2.55. The van der Waals surface area contributed by atoms with E-state index in [1.165, 1.54) is 4.31 Å². The molecule has 2 rings (SSSR count). The van der Waals surface area contributed by atoms with Crippen LogP contribution in [0.25, 0.3) is 0 Å². The van der Waals surface area contributed by atoms with Gasteiger partial charge in [0, 0.05) is 20.1 Å². The van der Waals surface area contributed by atoms with Gasteiger partial charge in [-0.25, -0.2) is 12.7 Å². The van der Waals surface area contributed by atoms with Crippen LogP contribution in [0.5, 0.6) is 0 Å². The van der Waals surface area contributed by atoms with Crippen molar-refractivity contribution in [2.45, 2.75) is 19.8 Å². The van der Waals surface area contributed by atoms with E-state index in [1.807, 2.05) is 30.3 Å². The molecule has 0 aromatic heterocycles. The third-order valence-corrected chi connectivity index (χ3v) is 5.78. The van der Waals surface area contributed by atoms with Crippen molar-refractivity contribution in [3.8, 4) is 0 Å². The van der Waals surface area contributed by atoms with Crippen molar-refractivity contribution in [2.24, 2.45) is 5.92 Å². The van der Waals surface area contributed by atoms with E-state index >= 15 is 0 Å². The van der Waals surface area contributed by atoms with Crippen molar-refractivity contribution in [3.05, 3.63) is 30.3 Å². The topological polar surface area (TPSA) is 69.7 Å². The van der Waals surface area contributed by atoms with Gasteiger partial charge in [0.05, 0.1) is 17.4 Å². The molecule has 7 heteroatoms.